The summed E-state index contributed by atoms with van der Waals surface area (Å²) in [4.78, 5) is 26.0. The number of aliphatic hydroxyl groups is 2. The molecule has 0 aromatic carbocycles. The van der Waals surface area contributed by atoms with E-state index in [-0.39, 0.29) is 24.9 Å². The Morgan fingerprint density at radius 3 is 1.37 bits per heavy atom. The summed E-state index contributed by atoms with van der Waals surface area (Å²) in [5, 5.41) is 23.7. The Morgan fingerprint density at radius 1 is 0.509 bits per heavy atom. The van der Waals surface area contributed by atoms with E-state index in [0.717, 1.165) is 70.6 Å². The van der Waals surface area contributed by atoms with Crippen LogP contribution in [0.15, 0.2) is 36.5 Å². The van der Waals surface area contributed by atoms with Gasteiger partial charge in [-0.1, -0.05) is 211 Å². The van der Waals surface area contributed by atoms with E-state index in [1.54, 1.807) is 0 Å². The molecule has 0 saturated carbocycles. The van der Waals surface area contributed by atoms with Crippen molar-refractivity contribution in [3.63, 3.8) is 0 Å². The molecule has 0 aliphatic heterocycles. The Morgan fingerprint density at radius 2 is 0.895 bits per heavy atom. The summed E-state index contributed by atoms with van der Waals surface area (Å²) in [7, 11) is 0. The number of allylic oxidation sites excluding steroid dienone is 6. The van der Waals surface area contributed by atoms with Gasteiger partial charge in [0.2, 0.25) is 5.91 Å². The number of esters is 1. The van der Waals surface area contributed by atoms with Gasteiger partial charge in [0.15, 0.2) is 0 Å². The minimum Gasteiger partial charge on any atom is -0.462 e. The molecule has 0 saturated heterocycles. The zero-order chi connectivity index (χ0) is 41.7. The number of nitrogens with one attached hydrogen (secondary N) is 1. The number of aliphatic hydroxyl groups excluding tert-OH is 2. The van der Waals surface area contributed by atoms with Crippen LogP contribution in [0.1, 0.15) is 252 Å². The van der Waals surface area contributed by atoms with Crippen molar-refractivity contribution in [2.24, 2.45) is 0 Å². The molecule has 0 aromatic rings. The second-order valence-electron chi connectivity index (χ2n) is 16.9. The molecule has 6 nitrogen and oxygen atoms in total. The van der Waals surface area contributed by atoms with E-state index in [4.69, 9.17) is 4.74 Å². The van der Waals surface area contributed by atoms with E-state index in [9.17, 15) is 19.8 Å². The van der Waals surface area contributed by atoms with Crippen molar-refractivity contribution < 1.29 is 24.5 Å². The number of hydrogen-bond donors (Lipinski definition) is 3. The van der Waals surface area contributed by atoms with Crippen LogP contribution in [0.5, 0.6) is 0 Å². The molecular formula is C51H95NO5. The highest BCUT2D eigenvalue weighted by molar-refractivity contribution is 5.77. The molecule has 3 N–H and O–H groups in total. The molecule has 0 aliphatic carbocycles. The molecule has 0 bridgehead atoms. The maximum Gasteiger partial charge on any atom is 0.306 e. The highest BCUT2D eigenvalue weighted by Crippen LogP contribution is 2.17. The number of ether oxygens (including phenoxy) is 1. The van der Waals surface area contributed by atoms with Crippen LogP contribution in [0.4, 0.5) is 0 Å². The number of amides is 1. The first-order valence-electron chi connectivity index (χ1n) is 24.7. The quantitative estimate of drug-likeness (QED) is 0.0324. The lowest BCUT2D eigenvalue weighted by atomic mass is 10.0. The molecule has 3 atom stereocenters. The Hall–Kier alpha value is -1.92. The van der Waals surface area contributed by atoms with Crippen LogP contribution in [-0.2, 0) is 14.3 Å². The topological polar surface area (TPSA) is 95.9 Å². The van der Waals surface area contributed by atoms with Gasteiger partial charge in [-0.25, -0.2) is 0 Å². The smallest absolute Gasteiger partial charge is 0.306 e. The fraction of sp³-hybridized carbons (Fsp3) is 0.843. The van der Waals surface area contributed by atoms with Gasteiger partial charge in [0, 0.05) is 6.42 Å². The Balaban J connectivity index is 4.66. The van der Waals surface area contributed by atoms with Gasteiger partial charge < -0.3 is 20.3 Å². The predicted molar refractivity (Wildman–Crippen MR) is 246 cm³/mol. The Kier molecular flexibility index (Phi) is 43.6. The third-order valence-electron chi connectivity index (χ3n) is 11.2. The molecular weight excluding hydrogens is 707 g/mol. The Labute approximate surface area is 353 Å². The maximum absolute atomic E-state index is 13.2. The summed E-state index contributed by atoms with van der Waals surface area (Å²) in [5.41, 5.74) is 0. The molecule has 334 valence electrons. The van der Waals surface area contributed by atoms with Gasteiger partial charge >= 0.3 is 5.97 Å². The average molecular weight is 802 g/mol. The lowest BCUT2D eigenvalue weighted by molar-refractivity contribution is -0.151. The first kappa shape index (κ1) is 55.1. The fourth-order valence-electron chi connectivity index (χ4n) is 7.44. The number of unbranched alkanes of at least 4 members (excludes halogenated alkanes) is 26. The lowest BCUT2D eigenvalue weighted by Crippen LogP contribution is -2.46. The van der Waals surface area contributed by atoms with Crippen molar-refractivity contribution in [1.29, 1.82) is 0 Å². The minimum absolute atomic E-state index is 0.0551. The summed E-state index contributed by atoms with van der Waals surface area (Å²) in [6.07, 6.45) is 52.0. The van der Waals surface area contributed by atoms with Crippen molar-refractivity contribution >= 4 is 11.9 Å². The zero-order valence-electron chi connectivity index (χ0n) is 38.0. The average Bonchev–Trinajstić information content (AvgIpc) is 3.20. The molecule has 0 aliphatic rings. The molecule has 3 unspecified atom stereocenters. The summed E-state index contributed by atoms with van der Waals surface area (Å²) >= 11 is 0. The van der Waals surface area contributed by atoms with Crippen LogP contribution in [0, 0.1) is 0 Å². The van der Waals surface area contributed by atoms with Gasteiger partial charge in [0.1, 0.15) is 6.10 Å². The van der Waals surface area contributed by atoms with Gasteiger partial charge in [-0.3, -0.25) is 9.59 Å². The van der Waals surface area contributed by atoms with Crippen LogP contribution in [0.3, 0.4) is 0 Å². The largest absolute Gasteiger partial charge is 0.462 e. The normalized spacial score (nSPS) is 13.6. The van der Waals surface area contributed by atoms with Crippen LogP contribution < -0.4 is 5.32 Å². The van der Waals surface area contributed by atoms with Crippen molar-refractivity contribution in [3.8, 4) is 0 Å². The molecule has 6 heteroatoms. The maximum atomic E-state index is 13.2. The Bertz CT molecular complexity index is 946. The second-order valence-corrected chi connectivity index (χ2v) is 16.9. The highest BCUT2D eigenvalue weighted by Gasteiger charge is 2.24. The van der Waals surface area contributed by atoms with Gasteiger partial charge in [-0.2, -0.15) is 0 Å². The predicted octanol–water partition coefficient (Wildman–Crippen LogP) is 14.5. The van der Waals surface area contributed by atoms with E-state index < -0.39 is 18.2 Å². The van der Waals surface area contributed by atoms with E-state index in [0.29, 0.717) is 19.3 Å². The number of carbonyl (C=O) groups is 2. The molecule has 0 heterocycles. The van der Waals surface area contributed by atoms with Gasteiger partial charge in [0.25, 0.3) is 0 Å². The summed E-state index contributed by atoms with van der Waals surface area (Å²) in [5.74, 6) is -0.504. The molecule has 0 aromatic heterocycles. The van der Waals surface area contributed by atoms with Crippen LogP contribution in [-0.4, -0.2) is 46.9 Å². The molecule has 0 spiro atoms. The van der Waals surface area contributed by atoms with Gasteiger partial charge in [0.05, 0.1) is 25.2 Å². The first-order chi connectivity index (χ1) is 28.0. The van der Waals surface area contributed by atoms with E-state index in [2.05, 4.69) is 62.5 Å². The molecule has 57 heavy (non-hydrogen) atoms. The molecule has 1 amide bonds. The van der Waals surface area contributed by atoms with Crippen molar-refractivity contribution in [2.75, 3.05) is 6.61 Å². The molecule has 0 fully saturated rings. The minimum atomic E-state index is -0.793. The van der Waals surface area contributed by atoms with E-state index in [1.807, 2.05) is 0 Å². The standard InChI is InChI=1S/C51H95NO5/c1-4-7-10-13-16-19-22-24-25-27-28-30-33-36-39-42-47(57-51(56)44-41-38-35-32-29-26-23-20-17-14-11-8-5-2)45-50(55)52-48(46-53)49(54)43-40-37-34-31-21-18-15-12-9-6-3/h16,19,24-25,28,30,47-49,53-54H,4-15,17-18,20-23,26-27,29,31-46H2,1-3H3,(H,52,55)/b19-16-,25-24-,30-28-. The van der Waals surface area contributed by atoms with Gasteiger partial charge in [-0.05, 0) is 64.2 Å². The number of carbonyl (C=O) groups excluding carboxylic acids is 2. The zero-order valence-corrected chi connectivity index (χ0v) is 38.0. The molecule has 0 rings (SSSR count). The van der Waals surface area contributed by atoms with Crippen LogP contribution in [0.2, 0.25) is 0 Å². The van der Waals surface area contributed by atoms with E-state index >= 15 is 0 Å². The van der Waals surface area contributed by atoms with Gasteiger partial charge in [-0.15, -0.1) is 0 Å². The van der Waals surface area contributed by atoms with E-state index in [1.165, 1.54) is 135 Å². The van der Waals surface area contributed by atoms with Crippen LogP contribution >= 0.6 is 0 Å². The third-order valence-corrected chi connectivity index (χ3v) is 11.2. The fourth-order valence-corrected chi connectivity index (χ4v) is 7.44. The SMILES string of the molecule is CCCCC/C=C\C/C=C\C/C=C\CCCCC(CC(=O)NC(CO)C(O)CCCCCCCCCCCC)OC(=O)CCCCCCCCCCCCCCC. The van der Waals surface area contributed by atoms with Crippen LogP contribution in [0.25, 0.3) is 0 Å². The monoisotopic (exact) mass is 802 g/mol. The summed E-state index contributed by atoms with van der Waals surface area (Å²) in [6, 6.07) is -0.709. The third kappa shape index (κ3) is 40.6. The summed E-state index contributed by atoms with van der Waals surface area (Å²) < 4.78 is 5.90. The lowest BCUT2D eigenvalue weighted by Gasteiger charge is -2.24. The van der Waals surface area contributed by atoms with Crippen molar-refractivity contribution in [3.05, 3.63) is 36.5 Å². The second kappa shape index (κ2) is 45.2. The first-order valence-corrected chi connectivity index (χ1v) is 24.7. The number of hydrogen-bond acceptors (Lipinski definition) is 5. The van der Waals surface area contributed by atoms with Crippen molar-refractivity contribution in [2.45, 2.75) is 270 Å². The highest BCUT2D eigenvalue weighted by atomic mass is 16.5. The number of rotatable bonds is 44. The molecule has 0 radical (unpaired) electrons. The van der Waals surface area contributed by atoms with Crippen molar-refractivity contribution in [1.82, 2.24) is 5.32 Å². The summed E-state index contributed by atoms with van der Waals surface area (Å²) in [6.45, 7) is 6.43.